The Hall–Kier alpha value is -0.480. The SMILES string of the molecule is CC(O)CCc1c(F)ccc(Br)c1F. The number of halogens is 3. The Morgan fingerprint density at radius 2 is 2.07 bits per heavy atom. The van der Waals surface area contributed by atoms with E-state index in [1.165, 1.54) is 12.1 Å². The van der Waals surface area contributed by atoms with Crippen molar-refractivity contribution in [2.24, 2.45) is 0 Å². The average Bonchev–Trinajstić information content (AvgIpc) is 2.11. The summed E-state index contributed by atoms with van der Waals surface area (Å²) < 4.78 is 26.7. The van der Waals surface area contributed by atoms with Gasteiger partial charge in [0.05, 0.1) is 10.6 Å². The van der Waals surface area contributed by atoms with Crippen molar-refractivity contribution in [3.8, 4) is 0 Å². The Bertz CT molecular complexity index is 326. The van der Waals surface area contributed by atoms with Gasteiger partial charge in [-0.3, -0.25) is 0 Å². The second kappa shape index (κ2) is 4.84. The summed E-state index contributed by atoms with van der Waals surface area (Å²) in [4.78, 5) is 0. The largest absolute Gasteiger partial charge is 0.393 e. The first kappa shape index (κ1) is 11.6. The number of benzene rings is 1. The van der Waals surface area contributed by atoms with Crippen LogP contribution in [0.2, 0.25) is 0 Å². The number of aliphatic hydroxyl groups excluding tert-OH is 1. The van der Waals surface area contributed by atoms with Gasteiger partial charge in [0.25, 0.3) is 0 Å². The first-order valence-corrected chi connectivity index (χ1v) is 5.12. The van der Waals surface area contributed by atoms with Crippen LogP contribution in [-0.4, -0.2) is 11.2 Å². The standard InChI is InChI=1S/C10H11BrF2O/c1-6(14)2-3-7-9(12)5-4-8(11)10(7)13/h4-6,14H,2-3H2,1H3. The van der Waals surface area contributed by atoms with Gasteiger partial charge in [0.1, 0.15) is 11.6 Å². The Morgan fingerprint density at radius 1 is 1.43 bits per heavy atom. The summed E-state index contributed by atoms with van der Waals surface area (Å²) >= 11 is 2.98. The molecule has 0 aliphatic carbocycles. The smallest absolute Gasteiger partial charge is 0.143 e. The molecule has 0 bridgehead atoms. The summed E-state index contributed by atoms with van der Waals surface area (Å²) in [6, 6.07) is 2.54. The fraction of sp³-hybridized carbons (Fsp3) is 0.400. The summed E-state index contributed by atoms with van der Waals surface area (Å²) in [7, 11) is 0. The lowest BCUT2D eigenvalue weighted by Gasteiger charge is -2.07. The quantitative estimate of drug-likeness (QED) is 0.833. The molecule has 0 amide bonds. The summed E-state index contributed by atoms with van der Waals surface area (Å²) in [6.45, 7) is 1.59. The maximum atomic E-state index is 13.3. The lowest BCUT2D eigenvalue weighted by Crippen LogP contribution is -2.04. The van der Waals surface area contributed by atoms with Gasteiger partial charge in [0.2, 0.25) is 0 Å². The van der Waals surface area contributed by atoms with E-state index < -0.39 is 17.7 Å². The van der Waals surface area contributed by atoms with Crippen LogP contribution in [0.1, 0.15) is 18.9 Å². The molecule has 0 spiro atoms. The third-order valence-corrected chi connectivity index (χ3v) is 2.56. The van der Waals surface area contributed by atoms with Crippen LogP contribution >= 0.6 is 15.9 Å². The first-order chi connectivity index (χ1) is 6.52. The van der Waals surface area contributed by atoms with Gasteiger partial charge in [0.15, 0.2) is 0 Å². The topological polar surface area (TPSA) is 20.2 Å². The Balaban J connectivity index is 2.89. The van der Waals surface area contributed by atoms with Crippen molar-refractivity contribution in [2.75, 3.05) is 0 Å². The van der Waals surface area contributed by atoms with Crippen molar-refractivity contribution < 1.29 is 13.9 Å². The second-order valence-electron chi connectivity index (χ2n) is 3.21. The molecule has 78 valence electrons. The zero-order chi connectivity index (χ0) is 10.7. The summed E-state index contributed by atoms with van der Waals surface area (Å²) in [5.74, 6) is -1.14. The van der Waals surface area contributed by atoms with Crippen LogP contribution in [0, 0.1) is 11.6 Å². The minimum absolute atomic E-state index is 0.0280. The summed E-state index contributed by atoms with van der Waals surface area (Å²) in [6.07, 6.45) is 0.00628. The Kier molecular flexibility index (Phi) is 4.01. The fourth-order valence-corrected chi connectivity index (χ4v) is 1.52. The van der Waals surface area contributed by atoms with Gasteiger partial charge >= 0.3 is 0 Å². The van der Waals surface area contributed by atoms with Gasteiger partial charge in [-0.15, -0.1) is 0 Å². The van der Waals surface area contributed by atoms with Crippen molar-refractivity contribution in [1.29, 1.82) is 0 Å². The van der Waals surface area contributed by atoms with Gasteiger partial charge in [-0.05, 0) is 47.8 Å². The van der Waals surface area contributed by atoms with Crippen molar-refractivity contribution in [1.82, 2.24) is 0 Å². The van der Waals surface area contributed by atoms with E-state index in [1.807, 2.05) is 0 Å². The molecule has 0 aromatic heterocycles. The van der Waals surface area contributed by atoms with Gasteiger partial charge in [-0.2, -0.15) is 0 Å². The summed E-state index contributed by atoms with van der Waals surface area (Å²) in [5.41, 5.74) is 0.0280. The maximum absolute atomic E-state index is 13.3. The molecule has 4 heteroatoms. The van der Waals surface area contributed by atoms with Gasteiger partial charge in [0, 0.05) is 5.56 Å². The van der Waals surface area contributed by atoms with Gasteiger partial charge < -0.3 is 5.11 Å². The van der Waals surface area contributed by atoms with Crippen molar-refractivity contribution in [2.45, 2.75) is 25.9 Å². The lowest BCUT2D eigenvalue weighted by molar-refractivity contribution is 0.184. The first-order valence-electron chi connectivity index (χ1n) is 4.32. The molecule has 14 heavy (non-hydrogen) atoms. The van der Waals surface area contributed by atoms with E-state index in [4.69, 9.17) is 5.11 Å². The number of aliphatic hydroxyl groups is 1. The van der Waals surface area contributed by atoms with E-state index >= 15 is 0 Å². The Labute approximate surface area is 89.9 Å². The van der Waals surface area contributed by atoms with Crippen molar-refractivity contribution in [3.63, 3.8) is 0 Å². The second-order valence-corrected chi connectivity index (χ2v) is 4.06. The molecule has 1 rings (SSSR count). The molecule has 0 heterocycles. The molecular weight excluding hydrogens is 254 g/mol. The highest BCUT2D eigenvalue weighted by molar-refractivity contribution is 9.10. The molecule has 0 aliphatic rings. The normalized spacial score (nSPS) is 12.9. The molecule has 1 nitrogen and oxygen atoms in total. The van der Waals surface area contributed by atoms with E-state index in [0.29, 0.717) is 6.42 Å². The van der Waals surface area contributed by atoms with Crippen LogP contribution in [-0.2, 0) is 6.42 Å². The van der Waals surface area contributed by atoms with Crippen LogP contribution < -0.4 is 0 Å². The van der Waals surface area contributed by atoms with E-state index in [-0.39, 0.29) is 16.5 Å². The molecule has 0 saturated carbocycles. The third kappa shape index (κ3) is 2.75. The monoisotopic (exact) mass is 264 g/mol. The van der Waals surface area contributed by atoms with Crippen LogP contribution in [0.15, 0.2) is 16.6 Å². The lowest BCUT2D eigenvalue weighted by atomic mass is 10.1. The fourth-order valence-electron chi connectivity index (χ4n) is 1.15. The Morgan fingerprint density at radius 3 is 2.64 bits per heavy atom. The third-order valence-electron chi connectivity index (χ3n) is 1.95. The average molecular weight is 265 g/mol. The van der Waals surface area contributed by atoms with Crippen LogP contribution in [0.5, 0.6) is 0 Å². The van der Waals surface area contributed by atoms with E-state index in [2.05, 4.69) is 15.9 Å². The van der Waals surface area contributed by atoms with Crippen LogP contribution in [0.4, 0.5) is 8.78 Å². The number of hydrogen-bond acceptors (Lipinski definition) is 1. The predicted molar refractivity (Wildman–Crippen MR) is 54.1 cm³/mol. The molecule has 0 radical (unpaired) electrons. The van der Waals surface area contributed by atoms with Crippen molar-refractivity contribution >= 4 is 15.9 Å². The summed E-state index contributed by atoms with van der Waals surface area (Å²) in [5, 5.41) is 9.01. The zero-order valence-electron chi connectivity index (χ0n) is 7.73. The van der Waals surface area contributed by atoms with Gasteiger partial charge in [-0.25, -0.2) is 8.78 Å². The molecule has 1 aromatic rings. The molecular formula is C10H11BrF2O. The van der Waals surface area contributed by atoms with Crippen LogP contribution in [0.3, 0.4) is 0 Å². The number of rotatable bonds is 3. The van der Waals surface area contributed by atoms with E-state index in [0.717, 1.165) is 0 Å². The molecule has 0 aliphatic heterocycles. The molecule has 1 atom stereocenters. The highest BCUT2D eigenvalue weighted by Crippen LogP contribution is 2.22. The van der Waals surface area contributed by atoms with E-state index in [1.54, 1.807) is 6.92 Å². The molecule has 1 aromatic carbocycles. The minimum Gasteiger partial charge on any atom is -0.393 e. The van der Waals surface area contributed by atoms with Crippen molar-refractivity contribution in [3.05, 3.63) is 33.8 Å². The zero-order valence-corrected chi connectivity index (χ0v) is 9.31. The minimum atomic E-state index is -0.578. The van der Waals surface area contributed by atoms with Crippen LogP contribution in [0.25, 0.3) is 0 Å². The predicted octanol–water partition coefficient (Wildman–Crippen LogP) is 3.04. The van der Waals surface area contributed by atoms with E-state index in [9.17, 15) is 8.78 Å². The molecule has 1 unspecified atom stereocenters. The number of hydrogen-bond donors (Lipinski definition) is 1. The van der Waals surface area contributed by atoms with Gasteiger partial charge in [-0.1, -0.05) is 0 Å². The highest BCUT2D eigenvalue weighted by atomic mass is 79.9. The molecule has 0 saturated heterocycles. The molecule has 1 N–H and O–H groups in total. The molecule has 0 fully saturated rings. The highest BCUT2D eigenvalue weighted by Gasteiger charge is 2.12. The maximum Gasteiger partial charge on any atom is 0.143 e.